The summed E-state index contributed by atoms with van der Waals surface area (Å²) in [5, 5.41) is 2.98. The molecule has 0 aromatic heterocycles. The van der Waals surface area contributed by atoms with E-state index in [9.17, 15) is 14.4 Å². The standard InChI is InChI=1S/C31H50ClNO4/c1-6-7-8-9-10-11-12-13-14-15-16-17-18-19-22-37-30(36)25-20-21-26(32)27(23-25)33-29(35)24(2)28(34)31(3,4)5/h20-21,23-24H,6-19,22H2,1-5H3,(H,33,35). The number of halogens is 1. The number of ether oxygens (including phenoxy) is 1. The van der Waals surface area contributed by atoms with E-state index in [0.717, 1.165) is 19.3 Å². The molecule has 1 rings (SSSR count). The Hall–Kier alpha value is -1.88. The maximum absolute atomic E-state index is 12.6. The molecular weight excluding hydrogens is 486 g/mol. The predicted molar refractivity (Wildman–Crippen MR) is 154 cm³/mol. The molecule has 0 bridgehead atoms. The fourth-order valence-corrected chi connectivity index (χ4v) is 4.47. The van der Waals surface area contributed by atoms with E-state index in [2.05, 4.69) is 12.2 Å². The molecule has 0 radical (unpaired) electrons. The first kappa shape index (κ1) is 33.1. The van der Waals surface area contributed by atoms with Crippen LogP contribution in [0.4, 0.5) is 5.69 Å². The van der Waals surface area contributed by atoms with Crippen molar-refractivity contribution in [2.24, 2.45) is 11.3 Å². The topological polar surface area (TPSA) is 72.5 Å². The Balaban J connectivity index is 2.25. The van der Waals surface area contributed by atoms with Crippen LogP contribution in [0.1, 0.15) is 135 Å². The number of rotatable bonds is 19. The highest BCUT2D eigenvalue weighted by Gasteiger charge is 2.31. The summed E-state index contributed by atoms with van der Waals surface area (Å²) in [5.41, 5.74) is -0.00885. The molecule has 6 heteroatoms. The minimum absolute atomic E-state index is 0.162. The van der Waals surface area contributed by atoms with Crippen LogP contribution < -0.4 is 5.32 Å². The van der Waals surface area contributed by atoms with E-state index in [-0.39, 0.29) is 5.78 Å². The summed E-state index contributed by atoms with van der Waals surface area (Å²) >= 11 is 6.21. The Labute approximate surface area is 230 Å². The van der Waals surface area contributed by atoms with Gasteiger partial charge in [0.1, 0.15) is 5.78 Å². The molecule has 37 heavy (non-hydrogen) atoms. The van der Waals surface area contributed by atoms with Crippen molar-refractivity contribution < 1.29 is 19.1 Å². The van der Waals surface area contributed by atoms with Gasteiger partial charge in [-0.05, 0) is 31.5 Å². The molecule has 0 aliphatic rings. The number of carbonyl (C=O) groups is 3. The lowest BCUT2D eigenvalue weighted by Gasteiger charge is -2.21. The van der Waals surface area contributed by atoms with E-state index in [0.29, 0.717) is 22.9 Å². The van der Waals surface area contributed by atoms with E-state index < -0.39 is 23.2 Å². The highest BCUT2D eigenvalue weighted by Crippen LogP contribution is 2.26. The van der Waals surface area contributed by atoms with E-state index in [1.807, 2.05) is 0 Å². The van der Waals surface area contributed by atoms with Gasteiger partial charge in [-0.25, -0.2) is 4.79 Å². The third kappa shape index (κ3) is 14.0. The van der Waals surface area contributed by atoms with Crippen molar-refractivity contribution in [2.75, 3.05) is 11.9 Å². The molecular formula is C31H50ClNO4. The number of unbranched alkanes of at least 4 members (excludes halogenated alkanes) is 13. The van der Waals surface area contributed by atoms with Gasteiger partial charge in [-0.15, -0.1) is 0 Å². The lowest BCUT2D eigenvalue weighted by molar-refractivity contribution is -0.135. The zero-order valence-corrected chi connectivity index (χ0v) is 24.7. The third-order valence-corrected chi connectivity index (χ3v) is 7.05. The summed E-state index contributed by atoms with van der Waals surface area (Å²) in [6.45, 7) is 9.54. The molecule has 1 atom stereocenters. The van der Waals surface area contributed by atoms with Gasteiger partial charge in [0.15, 0.2) is 0 Å². The lowest BCUT2D eigenvalue weighted by atomic mass is 9.83. The molecule has 210 valence electrons. The second kappa shape index (κ2) is 18.4. The van der Waals surface area contributed by atoms with Gasteiger partial charge in [0.2, 0.25) is 5.91 Å². The number of amides is 1. The van der Waals surface area contributed by atoms with Crippen molar-refractivity contribution in [1.29, 1.82) is 0 Å². The van der Waals surface area contributed by atoms with Crippen molar-refractivity contribution in [1.82, 2.24) is 0 Å². The quantitative estimate of drug-likeness (QED) is 0.109. The van der Waals surface area contributed by atoms with Crippen molar-refractivity contribution in [2.45, 2.75) is 125 Å². The minimum Gasteiger partial charge on any atom is -0.462 e. The Morgan fingerprint density at radius 3 is 1.81 bits per heavy atom. The van der Waals surface area contributed by atoms with Crippen LogP contribution in [0.25, 0.3) is 0 Å². The molecule has 0 aliphatic heterocycles. The largest absolute Gasteiger partial charge is 0.462 e. The summed E-state index contributed by atoms with van der Waals surface area (Å²) in [7, 11) is 0. The lowest BCUT2D eigenvalue weighted by Crippen LogP contribution is -2.34. The average Bonchev–Trinajstić information content (AvgIpc) is 2.85. The summed E-state index contributed by atoms with van der Waals surface area (Å²) in [6, 6.07) is 4.63. The number of hydrogen-bond acceptors (Lipinski definition) is 4. The number of esters is 1. The number of hydrogen-bond donors (Lipinski definition) is 1. The molecule has 0 spiro atoms. The van der Waals surface area contributed by atoms with Gasteiger partial charge < -0.3 is 10.1 Å². The Bertz CT molecular complexity index is 831. The SMILES string of the molecule is CCCCCCCCCCCCCCCCOC(=O)c1ccc(Cl)c(NC(=O)C(C)C(=O)C(C)(C)C)c1. The first-order valence-corrected chi connectivity index (χ1v) is 14.8. The smallest absolute Gasteiger partial charge is 0.338 e. The van der Waals surface area contributed by atoms with Gasteiger partial charge in [-0.3, -0.25) is 9.59 Å². The number of ketones is 1. The van der Waals surface area contributed by atoms with E-state index in [4.69, 9.17) is 16.3 Å². The summed E-state index contributed by atoms with van der Waals surface area (Å²) in [6.07, 6.45) is 17.9. The number of carbonyl (C=O) groups excluding carboxylic acids is 3. The zero-order chi connectivity index (χ0) is 27.7. The molecule has 1 aromatic carbocycles. The molecule has 5 nitrogen and oxygen atoms in total. The number of nitrogens with one attached hydrogen (secondary N) is 1. The van der Waals surface area contributed by atoms with Crippen molar-refractivity contribution >= 4 is 34.9 Å². The highest BCUT2D eigenvalue weighted by atomic mass is 35.5. The van der Waals surface area contributed by atoms with Crippen LogP contribution in [-0.2, 0) is 14.3 Å². The molecule has 0 aliphatic carbocycles. The van der Waals surface area contributed by atoms with Crippen molar-refractivity contribution in [3.8, 4) is 0 Å². The molecule has 0 heterocycles. The van der Waals surface area contributed by atoms with Crippen molar-refractivity contribution in [3.63, 3.8) is 0 Å². The first-order chi connectivity index (χ1) is 17.6. The van der Waals surface area contributed by atoms with Gasteiger partial charge >= 0.3 is 5.97 Å². The fourth-order valence-electron chi connectivity index (χ4n) is 4.30. The van der Waals surface area contributed by atoms with Crippen LogP contribution in [0, 0.1) is 11.3 Å². The van der Waals surface area contributed by atoms with Gasteiger partial charge in [0, 0.05) is 5.41 Å². The van der Waals surface area contributed by atoms with Gasteiger partial charge in [-0.1, -0.05) is 123 Å². The minimum atomic E-state index is -0.827. The van der Waals surface area contributed by atoms with Crippen LogP contribution in [0.15, 0.2) is 18.2 Å². The van der Waals surface area contributed by atoms with Crippen molar-refractivity contribution in [3.05, 3.63) is 28.8 Å². The van der Waals surface area contributed by atoms with Gasteiger partial charge in [0.05, 0.1) is 28.8 Å². The average molecular weight is 536 g/mol. The third-order valence-electron chi connectivity index (χ3n) is 6.72. The molecule has 0 saturated heterocycles. The van der Waals surface area contributed by atoms with E-state index >= 15 is 0 Å². The normalized spacial score (nSPS) is 12.3. The Morgan fingerprint density at radius 2 is 1.32 bits per heavy atom. The highest BCUT2D eigenvalue weighted by molar-refractivity contribution is 6.34. The van der Waals surface area contributed by atoms with Crippen LogP contribution in [0.5, 0.6) is 0 Å². The van der Waals surface area contributed by atoms with E-state index in [1.165, 1.54) is 76.7 Å². The molecule has 1 unspecified atom stereocenters. The molecule has 1 amide bonds. The number of Topliss-reactive ketones (excluding diaryl/α,β-unsaturated/α-hetero) is 1. The zero-order valence-electron chi connectivity index (χ0n) is 23.9. The Morgan fingerprint density at radius 1 is 0.838 bits per heavy atom. The summed E-state index contributed by atoms with van der Waals surface area (Å²) in [4.78, 5) is 37.4. The van der Waals surface area contributed by atoms with Gasteiger partial charge in [-0.2, -0.15) is 0 Å². The molecule has 1 aromatic rings. The fraction of sp³-hybridized carbons (Fsp3) is 0.710. The van der Waals surface area contributed by atoms with E-state index in [1.54, 1.807) is 39.8 Å². The second-order valence-electron chi connectivity index (χ2n) is 11.3. The molecule has 1 N–H and O–H groups in total. The number of benzene rings is 1. The maximum atomic E-state index is 12.6. The Kier molecular flexibility index (Phi) is 16.5. The predicted octanol–water partition coefficient (Wildman–Crippen LogP) is 9.17. The molecule has 0 fully saturated rings. The maximum Gasteiger partial charge on any atom is 0.338 e. The van der Waals surface area contributed by atoms with Crippen LogP contribution in [-0.4, -0.2) is 24.3 Å². The molecule has 0 saturated carbocycles. The summed E-state index contributed by atoms with van der Waals surface area (Å²) < 4.78 is 5.42. The van der Waals surface area contributed by atoms with Crippen LogP contribution in [0.2, 0.25) is 5.02 Å². The van der Waals surface area contributed by atoms with Crippen LogP contribution in [0.3, 0.4) is 0 Å². The second-order valence-corrected chi connectivity index (χ2v) is 11.7. The summed E-state index contributed by atoms with van der Waals surface area (Å²) in [5.74, 6) is -1.88. The van der Waals surface area contributed by atoms with Crippen LogP contribution >= 0.6 is 11.6 Å². The first-order valence-electron chi connectivity index (χ1n) is 14.4. The number of anilines is 1. The monoisotopic (exact) mass is 535 g/mol. The van der Waals surface area contributed by atoms with Gasteiger partial charge in [0.25, 0.3) is 0 Å².